The van der Waals surface area contributed by atoms with E-state index in [0.717, 1.165) is 27.8 Å². The molecular weight excluding hydrogens is 895 g/mol. The Kier molecular flexibility index (Phi) is 26.3. The molecule has 0 aliphatic carbocycles. The molecule has 0 spiro atoms. The van der Waals surface area contributed by atoms with Crippen molar-refractivity contribution in [2.24, 2.45) is 0 Å². The minimum Gasteiger partial charge on any atom is -0.550 e. The van der Waals surface area contributed by atoms with Gasteiger partial charge < -0.3 is 70.1 Å². The zero-order valence-corrected chi connectivity index (χ0v) is 48.4. The van der Waals surface area contributed by atoms with Gasteiger partial charge in [0.15, 0.2) is 0 Å². The molecule has 23 heteroatoms. The molecule has 316 valence electrons. The molecule has 5 heterocycles. The van der Waals surface area contributed by atoms with Crippen LogP contribution in [0.15, 0.2) is 24.8 Å². The molecule has 4 atom stereocenters. The number of allylic oxidation sites excluding steroid dienone is 1. The Morgan fingerprint density at radius 3 is 1.78 bits per heavy atom. The predicted octanol–water partition coefficient (Wildman–Crippen LogP) is -17.2. The molecule has 18 nitrogen and oxygen atoms in total. The van der Waals surface area contributed by atoms with Crippen molar-refractivity contribution in [1.82, 2.24) is 30.6 Å². The standard InChI is InChI=1S/C42H46N6O12.5Na/c1-7-21-17(3)25-12-27-19(5)23(9-10-33(49)45-31(40(55)56)15-35(51)52)38(47-27)24(11-34(50)46-32(41(57)58)16-36(53)54)39-37(42(59)60)20(6)28(48-39)14-30-22(8-2)18(4)26(44-30)13-29(21)43-25;;;;;/h7,12-14,19,23,31-32,43-44H,1,8-11,15-16H2,2-6H3,(H,45,49)(H,46,50)(H,51,52)(H,53,54)(H,55,56)(H,57,58)(H,59,60);;;;;/q;5*+1/p-5/t19-,23-,31-,32-;;;;;/m0...../s1. The second-order valence-corrected chi connectivity index (χ2v) is 14.7. The van der Waals surface area contributed by atoms with Crippen LogP contribution in [-0.2, 0) is 46.4 Å². The molecule has 0 saturated carbocycles. The van der Waals surface area contributed by atoms with Crippen LogP contribution in [0.25, 0.3) is 39.3 Å². The van der Waals surface area contributed by atoms with Gasteiger partial charge in [0, 0.05) is 87.5 Å². The van der Waals surface area contributed by atoms with Gasteiger partial charge in [-0.05, 0) is 74.1 Å². The number of carboxylic acid groups (broad SMARTS) is 5. The molecule has 0 unspecified atom stereocenters. The number of H-pyrrole nitrogens is 2. The monoisotopic (exact) mass is 936 g/mol. The van der Waals surface area contributed by atoms with E-state index in [9.17, 15) is 59.1 Å². The van der Waals surface area contributed by atoms with E-state index in [1.54, 1.807) is 25.1 Å². The van der Waals surface area contributed by atoms with E-state index >= 15 is 0 Å². The smallest absolute Gasteiger partial charge is 0.550 e. The number of carboxylic acids is 5. The maximum Gasteiger partial charge on any atom is 1.00 e. The van der Waals surface area contributed by atoms with E-state index in [1.165, 1.54) is 6.92 Å². The van der Waals surface area contributed by atoms with Crippen LogP contribution in [0.2, 0.25) is 0 Å². The first-order chi connectivity index (χ1) is 28.2. The Morgan fingerprint density at radius 1 is 0.738 bits per heavy atom. The molecule has 5 rings (SSSR count). The van der Waals surface area contributed by atoms with Gasteiger partial charge >= 0.3 is 148 Å². The SMILES string of the molecule is C=Cc1c(C)c2cc3nc(c(CC(=O)N[C@@H](CC(=O)[O-])C(=O)[O-])c4nc(cc5[nH]c(cc1[nH]2)c(C)c5CC)C(C)=C4C(=O)[O-])[C@@H](CCC(=O)N[C@@H](CC(=O)[O-])C(=O)[O-])[C@@H]3C.[Na+].[Na+].[Na+].[Na+].[Na+]. The van der Waals surface area contributed by atoms with E-state index in [1.807, 2.05) is 26.8 Å². The maximum atomic E-state index is 13.7. The molecule has 4 N–H and O–H groups in total. The van der Waals surface area contributed by atoms with Crippen molar-refractivity contribution in [3.05, 3.63) is 75.4 Å². The zero-order valence-electron chi connectivity index (χ0n) is 38.4. The number of carbonyl (C=O) groups is 7. The summed E-state index contributed by atoms with van der Waals surface area (Å²) in [5.41, 5.74) is 6.00. The molecule has 3 aromatic rings. The van der Waals surface area contributed by atoms with Crippen molar-refractivity contribution in [2.75, 3.05) is 0 Å². The topological polar surface area (TPSA) is 316 Å². The number of hydrogen-bond donors (Lipinski definition) is 4. The number of fused-ring (bicyclic) bond motifs is 8. The zero-order chi connectivity index (χ0) is 44.3. The second kappa shape index (κ2) is 27.2. The molecule has 0 aromatic carbocycles. The number of aryl methyl sites for hydroxylation is 3. The molecule has 3 aromatic heterocycles. The number of amides is 2. The van der Waals surface area contributed by atoms with Crippen LogP contribution < -0.4 is 184 Å². The second-order valence-electron chi connectivity index (χ2n) is 14.7. The van der Waals surface area contributed by atoms with Gasteiger partial charge in [0.05, 0.1) is 53.5 Å². The Bertz CT molecular complexity index is 2570. The van der Waals surface area contributed by atoms with Crippen LogP contribution in [0.5, 0.6) is 0 Å². The number of rotatable bonds is 16. The average molecular weight is 937 g/mol. The van der Waals surface area contributed by atoms with Gasteiger partial charge in [0.25, 0.3) is 0 Å². The summed E-state index contributed by atoms with van der Waals surface area (Å²) < 4.78 is 0. The van der Waals surface area contributed by atoms with Crippen molar-refractivity contribution < 1.29 is 207 Å². The summed E-state index contributed by atoms with van der Waals surface area (Å²) in [6.45, 7) is 13.0. The van der Waals surface area contributed by atoms with E-state index in [4.69, 9.17) is 9.97 Å². The Morgan fingerprint density at radius 2 is 1.28 bits per heavy atom. The van der Waals surface area contributed by atoms with Crippen LogP contribution in [0, 0.1) is 13.8 Å². The van der Waals surface area contributed by atoms with Crippen LogP contribution in [0.4, 0.5) is 0 Å². The normalized spacial score (nSPS) is 14.6. The number of nitrogens with one attached hydrogen (secondary N) is 4. The van der Waals surface area contributed by atoms with Crippen molar-refractivity contribution in [3.8, 4) is 0 Å². The van der Waals surface area contributed by atoms with E-state index < -0.39 is 96.8 Å². The summed E-state index contributed by atoms with van der Waals surface area (Å²) in [6.07, 6.45) is -1.31. The third-order valence-electron chi connectivity index (χ3n) is 10.9. The van der Waals surface area contributed by atoms with Crippen molar-refractivity contribution in [1.29, 1.82) is 0 Å². The van der Waals surface area contributed by atoms with E-state index in [2.05, 4.69) is 27.2 Å². The average Bonchev–Trinajstić information content (AvgIpc) is 3.84. The molecule has 0 fully saturated rings. The molecule has 2 aliphatic heterocycles. The van der Waals surface area contributed by atoms with Crippen molar-refractivity contribution in [3.63, 3.8) is 0 Å². The van der Waals surface area contributed by atoms with Gasteiger partial charge in [-0.1, -0.05) is 26.5 Å². The third kappa shape index (κ3) is 14.7. The Labute approximate surface area is 484 Å². The molecule has 65 heavy (non-hydrogen) atoms. The summed E-state index contributed by atoms with van der Waals surface area (Å²) >= 11 is 0. The minimum absolute atomic E-state index is 0. The van der Waals surface area contributed by atoms with E-state index in [0.29, 0.717) is 28.7 Å². The third-order valence-corrected chi connectivity index (χ3v) is 10.9. The summed E-state index contributed by atoms with van der Waals surface area (Å²) in [6, 6.07) is 1.36. The predicted molar refractivity (Wildman–Crippen MR) is 205 cm³/mol. The van der Waals surface area contributed by atoms with Gasteiger partial charge in [-0.2, -0.15) is 0 Å². The molecular formula is C42H41N6Na5O12. The van der Waals surface area contributed by atoms with Crippen molar-refractivity contribution >= 4 is 80.9 Å². The van der Waals surface area contributed by atoms with Crippen LogP contribution in [-0.4, -0.2) is 73.7 Å². The number of aromatic nitrogens is 4. The molecule has 0 radical (unpaired) electrons. The van der Waals surface area contributed by atoms with Crippen LogP contribution in [0.3, 0.4) is 0 Å². The summed E-state index contributed by atoms with van der Waals surface area (Å²) in [4.78, 5) is 102. The fraction of sp³-hybridized carbons (Fsp3) is 0.357. The van der Waals surface area contributed by atoms with Crippen LogP contribution >= 0.6 is 0 Å². The number of carbonyl (C=O) groups excluding carboxylic acids is 7. The van der Waals surface area contributed by atoms with Gasteiger partial charge in [-0.3, -0.25) is 14.6 Å². The van der Waals surface area contributed by atoms with E-state index in [-0.39, 0.29) is 182 Å². The summed E-state index contributed by atoms with van der Waals surface area (Å²) in [5.74, 6) is -12.4. The summed E-state index contributed by atoms with van der Waals surface area (Å²) in [7, 11) is 0. The first-order valence-electron chi connectivity index (χ1n) is 19.0. The molecule has 8 bridgehead atoms. The largest absolute Gasteiger partial charge is 1.00 e. The van der Waals surface area contributed by atoms with Gasteiger partial charge in [-0.15, -0.1) is 0 Å². The van der Waals surface area contributed by atoms with Gasteiger partial charge in [0.2, 0.25) is 11.8 Å². The number of aliphatic carboxylic acids is 5. The van der Waals surface area contributed by atoms with Crippen molar-refractivity contribution in [2.45, 2.75) is 97.1 Å². The Hall–Kier alpha value is -2.11. The number of hydrogen-bond acceptors (Lipinski definition) is 14. The van der Waals surface area contributed by atoms with Gasteiger partial charge in [0.1, 0.15) is 0 Å². The summed E-state index contributed by atoms with van der Waals surface area (Å²) in [5, 5.41) is 63.1. The quantitative estimate of drug-likeness (QED) is 0.0971. The maximum absolute atomic E-state index is 13.7. The number of nitrogens with zero attached hydrogens (tertiary/aromatic N) is 2. The molecule has 0 saturated heterocycles. The molecule has 2 aliphatic rings. The van der Waals surface area contributed by atoms with Gasteiger partial charge in [-0.25, -0.2) is 4.98 Å². The number of aromatic amines is 2. The van der Waals surface area contributed by atoms with Crippen LogP contribution in [0.1, 0.15) is 109 Å². The fourth-order valence-corrected chi connectivity index (χ4v) is 7.76. The Balaban J connectivity index is 0.00000819. The first-order valence-corrected chi connectivity index (χ1v) is 19.0. The molecule has 2 amide bonds. The minimum atomic E-state index is -2.04. The first kappa shape index (κ1) is 62.9. The fourth-order valence-electron chi connectivity index (χ4n) is 7.76.